The number of carbonyl (C=O) groups is 4. The van der Waals surface area contributed by atoms with Crippen molar-refractivity contribution in [1.29, 1.82) is 0 Å². The lowest BCUT2D eigenvalue weighted by molar-refractivity contribution is -0.161. The highest BCUT2D eigenvalue weighted by molar-refractivity contribution is 7.47. The van der Waals surface area contributed by atoms with Gasteiger partial charge in [0.15, 0.2) is 12.2 Å². The lowest BCUT2D eigenvalue weighted by Crippen LogP contribution is -2.30. The van der Waals surface area contributed by atoms with Crippen LogP contribution in [-0.2, 0) is 65.4 Å². The molecule has 0 aromatic heterocycles. The van der Waals surface area contributed by atoms with Crippen LogP contribution in [0, 0.1) is 17.8 Å². The number of esters is 4. The van der Waals surface area contributed by atoms with Gasteiger partial charge in [-0.15, -0.1) is 0 Å². The molecule has 0 amide bonds. The number of hydrogen-bond donors (Lipinski definition) is 3. The minimum absolute atomic E-state index is 0.106. The third-order valence-corrected chi connectivity index (χ3v) is 20.8. The zero-order valence-corrected chi connectivity index (χ0v) is 67.5. The number of rotatable bonds is 79. The number of aliphatic hydroxyl groups excluding tert-OH is 1. The Morgan fingerprint density at radius 3 is 0.680 bits per heavy atom. The first-order valence-corrected chi connectivity index (χ1v) is 44.8. The maximum atomic E-state index is 13.1. The molecule has 100 heavy (non-hydrogen) atoms. The molecule has 0 rings (SSSR count). The molecule has 0 aliphatic rings. The predicted molar refractivity (Wildman–Crippen MR) is 409 cm³/mol. The summed E-state index contributed by atoms with van der Waals surface area (Å²) in [6.45, 7) is 11.9. The lowest BCUT2D eigenvalue weighted by Gasteiger charge is -2.21. The molecule has 0 heterocycles. The summed E-state index contributed by atoms with van der Waals surface area (Å²) in [4.78, 5) is 73.0. The molecule has 0 aliphatic heterocycles. The van der Waals surface area contributed by atoms with Crippen molar-refractivity contribution in [2.24, 2.45) is 17.8 Å². The quantitative estimate of drug-likeness (QED) is 0.0222. The van der Waals surface area contributed by atoms with E-state index in [2.05, 4.69) is 48.5 Å². The van der Waals surface area contributed by atoms with Crippen molar-refractivity contribution in [3.05, 3.63) is 0 Å². The summed E-state index contributed by atoms with van der Waals surface area (Å²) in [5.41, 5.74) is 0. The first kappa shape index (κ1) is 98.1. The van der Waals surface area contributed by atoms with Crippen molar-refractivity contribution >= 4 is 39.5 Å². The highest BCUT2D eigenvalue weighted by Crippen LogP contribution is 2.45. The van der Waals surface area contributed by atoms with Crippen LogP contribution in [0.1, 0.15) is 421 Å². The van der Waals surface area contributed by atoms with E-state index in [9.17, 15) is 43.2 Å². The van der Waals surface area contributed by atoms with Gasteiger partial charge in [-0.3, -0.25) is 37.3 Å². The van der Waals surface area contributed by atoms with E-state index < -0.39 is 97.5 Å². The molecule has 0 aromatic carbocycles. The zero-order valence-electron chi connectivity index (χ0n) is 65.7. The van der Waals surface area contributed by atoms with Crippen LogP contribution in [0.3, 0.4) is 0 Å². The fourth-order valence-corrected chi connectivity index (χ4v) is 14.1. The van der Waals surface area contributed by atoms with Crippen LogP contribution in [0.15, 0.2) is 0 Å². The molecule has 594 valence electrons. The molecule has 2 unspecified atom stereocenters. The highest BCUT2D eigenvalue weighted by atomic mass is 31.2. The summed E-state index contributed by atoms with van der Waals surface area (Å²) in [7, 11) is -9.92. The molecule has 19 heteroatoms. The van der Waals surface area contributed by atoms with Gasteiger partial charge in [0.2, 0.25) is 0 Å². The number of phosphoric acid groups is 2. The average molecular weight is 1470 g/mol. The predicted octanol–water partition coefficient (Wildman–Crippen LogP) is 24.1. The fourth-order valence-electron chi connectivity index (χ4n) is 12.5. The number of ether oxygens (including phenoxy) is 4. The van der Waals surface area contributed by atoms with Crippen molar-refractivity contribution in [1.82, 2.24) is 0 Å². The Kier molecular flexibility index (Phi) is 69.9. The lowest BCUT2D eigenvalue weighted by atomic mass is 10.0. The second-order valence-corrected chi connectivity index (χ2v) is 33.5. The van der Waals surface area contributed by atoms with E-state index in [1.165, 1.54) is 225 Å². The van der Waals surface area contributed by atoms with E-state index in [0.29, 0.717) is 31.6 Å². The minimum Gasteiger partial charge on any atom is -0.462 e. The molecule has 0 fully saturated rings. The molecule has 0 saturated carbocycles. The van der Waals surface area contributed by atoms with Gasteiger partial charge in [-0.05, 0) is 43.4 Å². The molecule has 0 radical (unpaired) electrons. The van der Waals surface area contributed by atoms with Gasteiger partial charge >= 0.3 is 39.5 Å². The Morgan fingerprint density at radius 2 is 0.460 bits per heavy atom. The van der Waals surface area contributed by atoms with Crippen LogP contribution >= 0.6 is 15.6 Å². The van der Waals surface area contributed by atoms with Crippen molar-refractivity contribution < 1.29 is 80.2 Å². The molecule has 0 saturated heterocycles. The second-order valence-electron chi connectivity index (χ2n) is 30.6. The molecule has 5 atom stereocenters. The van der Waals surface area contributed by atoms with Gasteiger partial charge in [0.1, 0.15) is 19.3 Å². The Bertz CT molecular complexity index is 1940. The monoisotopic (exact) mass is 1470 g/mol. The number of carbonyl (C=O) groups excluding carboxylic acids is 4. The van der Waals surface area contributed by atoms with E-state index >= 15 is 0 Å². The van der Waals surface area contributed by atoms with Crippen molar-refractivity contribution in [3.8, 4) is 0 Å². The first-order valence-electron chi connectivity index (χ1n) is 41.8. The van der Waals surface area contributed by atoms with Gasteiger partial charge in [-0.1, -0.05) is 370 Å². The summed E-state index contributed by atoms with van der Waals surface area (Å²) in [5, 5.41) is 10.6. The van der Waals surface area contributed by atoms with Crippen LogP contribution < -0.4 is 0 Å². The first-order chi connectivity index (χ1) is 48.2. The number of unbranched alkanes of at least 4 members (excludes halogenated alkanes) is 47. The normalized spacial score (nSPS) is 14.0. The summed E-state index contributed by atoms with van der Waals surface area (Å²) in [5.74, 6) is 0.161. The maximum Gasteiger partial charge on any atom is 0.472 e. The number of phosphoric ester groups is 2. The van der Waals surface area contributed by atoms with E-state index in [1.807, 2.05) is 0 Å². The van der Waals surface area contributed by atoms with Gasteiger partial charge in [-0.25, -0.2) is 9.13 Å². The van der Waals surface area contributed by atoms with E-state index in [1.54, 1.807) is 0 Å². The Labute approximate surface area is 613 Å². The fraction of sp³-hybridized carbons (Fsp3) is 0.951. The van der Waals surface area contributed by atoms with E-state index in [4.69, 9.17) is 37.0 Å². The molecular weight excluding hydrogens is 1310 g/mol. The van der Waals surface area contributed by atoms with E-state index in [0.717, 1.165) is 108 Å². The van der Waals surface area contributed by atoms with Gasteiger partial charge < -0.3 is 33.8 Å². The second kappa shape index (κ2) is 71.3. The van der Waals surface area contributed by atoms with Gasteiger partial charge in [0.05, 0.1) is 26.4 Å². The molecule has 3 N–H and O–H groups in total. The van der Waals surface area contributed by atoms with Crippen LogP contribution in [0.25, 0.3) is 0 Å². The summed E-state index contributed by atoms with van der Waals surface area (Å²) in [6.07, 6.45) is 59.8. The van der Waals surface area contributed by atoms with Crippen LogP contribution in [0.5, 0.6) is 0 Å². The summed E-state index contributed by atoms with van der Waals surface area (Å²) in [6, 6.07) is 0. The Hall–Kier alpha value is -1.94. The van der Waals surface area contributed by atoms with Gasteiger partial charge in [0, 0.05) is 25.7 Å². The van der Waals surface area contributed by atoms with Gasteiger partial charge in [-0.2, -0.15) is 0 Å². The summed E-state index contributed by atoms with van der Waals surface area (Å²) < 4.78 is 68.7. The third-order valence-electron chi connectivity index (χ3n) is 18.9. The standard InChI is InChI=1S/C81H158O17P2/c1-8-9-10-11-12-13-14-15-16-17-18-21-24-29-34-41-48-55-62-78(83)91-68-76(97-80(85)64-57-50-42-35-30-25-22-19-20-23-27-32-38-45-52-59-72(2)3)70-95-99(87,88)93-66-75(82)67-94-100(89,90)96-71-77(69-92-79(84)63-56-49-44-37-40-47-54-61-74(6)7)98-81(86)65-58-51-43-36-31-26-28-33-39-46-53-60-73(4)5/h72-77,82H,8-71H2,1-7H3,(H,87,88)(H,89,90)/t75-,76-,77-/m1/s1. The van der Waals surface area contributed by atoms with Crippen LogP contribution in [0.4, 0.5) is 0 Å². The molecule has 17 nitrogen and oxygen atoms in total. The van der Waals surface area contributed by atoms with Crippen LogP contribution in [-0.4, -0.2) is 96.7 Å². The minimum atomic E-state index is -4.96. The van der Waals surface area contributed by atoms with Crippen molar-refractivity contribution in [2.75, 3.05) is 39.6 Å². The smallest absolute Gasteiger partial charge is 0.462 e. The van der Waals surface area contributed by atoms with Gasteiger partial charge in [0.25, 0.3) is 0 Å². The van der Waals surface area contributed by atoms with Crippen molar-refractivity contribution in [3.63, 3.8) is 0 Å². The highest BCUT2D eigenvalue weighted by Gasteiger charge is 2.30. The third kappa shape index (κ3) is 74.3. The molecule has 0 aromatic rings. The van der Waals surface area contributed by atoms with Crippen molar-refractivity contribution in [2.45, 2.75) is 439 Å². The van der Waals surface area contributed by atoms with E-state index in [-0.39, 0.29) is 25.7 Å². The Balaban J connectivity index is 5.24. The largest absolute Gasteiger partial charge is 0.472 e. The number of hydrogen-bond acceptors (Lipinski definition) is 15. The molecule has 0 aliphatic carbocycles. The number of aliphatic hydroxyl groups is 1. The maximum absolute atomic E-state index is 13.1. The van der Waals surface area contributed by atoms with Crippen LogP contribution in [0.2, 0.25) is 0 Å². The Morgan fingerprint density at radius 1 is 0.270 bits per heavy atom. The molecular formula is C81H158O17P2. The molecule has 0 bridgehead atoms. The zero-order chi connectivity index (χ0) is 73.7. The summed E-state index contributed by atoms with van der Waals surface area (Å²) >= 11 is 0. The SMILES string of the molecule is CCCCCCCCCCCCCCCCCCCCC(=O)OC[C@H](COP(=O)(O)OC[C@@H](O)COP(=O)(O)OC[C@@H](COC(=O)CCCCCCCCCC(C)C)OC(=O)CCCCCCCCCCCCCC(C)C)OC(=O)CCCCCCCCCCCCCCCCCC(C)C. The molecule has 0 spiro atoms. The topological polar surface area (TPSA) is 237 Å². The average Bonchev–Trinajstić information content (AvgIpc) is 1.04.